The maximum Gasteiger partial charge on any atom is 0.414 e. The van der Waals surface area contributed by atoms with Gasteiger partial charge in [-0.05, 0) is 6.92 Å². The highest BCUT2D eigenvalue weighted by Gasteiger charge is 2.16. The van der Waals surface area contributed by atoms with Gasteiger partial charge in [-0.3, -0.25) is 24.5 Å². The molecule has 0 saturated heterocycles. The molecule has 0 aliphatic carbocycles. The first-order valence-electron chi connectivity index (χ1n) is 5.18. The number of carbonyl (C=O) groups excluding carboxylic acids is 2. The van der Waals surface area contributed by atoms with Gasteiger partial charge < -0.3 is 4.74 Å². The third-order valence-electron chi connectivity index (χ3n) is 1.99. The van der Waals surface area contributed by atoms with Crippen LogP contribution in [0.1, 0.15) is 17.3 Å². The molecule has 0 fully saturated rings. The smallest absolute Gasteiger partial charge is 0.414 e. The molecule has 0 atom stereocenters. The number of imide groups is 1. The summed E-state index contributed by atoms with van der Waals surface area (Å²) in [6.45, 7) is 1.27. The number of rotatable bonds is 3. The van der Waals surface area contributed by atoms with Crippen molar-refractivity contribution in [3.05, 3.63) is 32.6 Å². The fourth-order valence-electron chi connectivity index (χ4n) is 1.19. The van der Waals surface area contributed by atoms with Gasteiger partial charge in [-0.2, -0.15) is 5.26 Å². The van der Waals surface area contributed by atoms with Gasteiger partial charge in [-0.15, -0.1) is 0 Å². The lowest BCUT2D eigenvalue weighted by Crippen LogP contribution is -2.39. The minimum atomic E-state index is -1.02. The molecule has 0 aliphatic rings. The van der Waals surface area contributed by atoms with Gasteiger partial charge in [0.2, 0.25) is 0 Å². The number of nitrogens with one attached hydrogen (secondary N) is 2. The lowest BCUT2D eigenvalue weighted by atomic mass is 10.3. The quantitative estimate of drug-likeness (QED) is 0.716. The van der Waals surface area contributed by atoms with Crippen molar-refractivity contribution in [1.82, 2.24) is 14.9 Å². The van der Waals surface area contributed by atoms with Gasteiger partial charge in [0, 0.05) is 6.20 Å². The van der Waals surface area contributed by atoms with E-state index in [4.69, 9.17) is 5.26 Å². The number of hydrogen-bond acceptors (Lipinski definition) is 6. The highest BCUT2D eigenvalue weighted by molar-refractivity contribution is 6.02. The molecule has 2 N–H and O–H groups in total. The molecule has 1 aromatic heterocycles. The summed E-state index contributed by atoms with van der Waals surface area (Å²) in [7, 11) is 0. The maximum atomic E-state index is 11.6. The lowest BCUT2D eigenvalue weighted by Gasteiger charge is -2.05. The Balaban J connectivity index is 3.07. The number of aromatic amines is 1. The van der Waals surface area contributed by atoms with E-state index in [1.807, 2.05) is 10.3 Å². The zero-order valence-corrected chi connectivity index (χ0v) is 9.93. The molecule has 1 rings (SSSR count). The van der Waals surface area contributed by atoms with Gasteiger partial charge >= 0.3 is 11.8 Å². The first kappa shape index (κ1) is 14.2. The topological polar surface area (TPSA) is 134 Å². The molecule has 0 saturated carbocycles. The summed E-state index contributed by atoms with van der Waals surface area (Å²) in [5.74, 6) is -1.02. The second-order valence-corrected chi connectivity index (χ2v) is 3.26. The molecule has 1 aromatic rings. The number of H-pyrrole nitrogens is 1. The minimum absolute atomic E-state index is 0.0589. The van der Waals surface area contributed by atoms with Gasteiger partial charge in [0.05, 0.1) is 12.7 Å². The van der Waals surface area contributed by atoms with Crippen molar-refractivity contribution in [1.29, 1.82) is 5.26 Å². The Bertz CT molecular complexity index is 651. The Morgan fingerprint density at radius 3 is 2.79 bits per heavy atom. The molecule has 0 aliphatic heterocycles. The summed E-state index contributed by atoms with van der Waals surface area (Å²) in [4.78, 5) is 47.2. The molecule has 0 spiro atoms. The van der Waals surface area contributed by atoms with Gasteiger partial charge in [0.1, 0.15) is 12.1 Å². The highest BCUT2D eigenvalue weighted by Crippen LogP contribution is 1.89. The molecule has 19 heavy (non-hydrogen) atoms. The third kappa shape index (κ3) is 3.53. The largest absolute Gasteiger partial charge is 0.450 e. The molecular weight excluding hydrogens is 256 g/mol. The second kappa shape index (κ2) is 6.15. The summed E-state index contributed by atoms with van der Waals surface area (Å²) < 4.78 is 5.31. The number of aromatic nitrogens is 2. The van der Waals surface area contributed by atoms with Crippen LogP contribution < -0.4 is 16.6 Å². The van der Waals surface area contributed by atoms with Crippen molar-refractivity contribution in [3.63, 3.8) is 0 Å². The summed E-state index contributed by atoms with van der Waals surface area (Å²) in [6, 6.07) is 1.69. The standard InChI is InChI=1S/C10H10N4O5/c1-2-19-10(18)13-8(16)6-5-14(4-3-11)9(17)12-7(6)15/h5H,2,4H2,1H3,(H,12,15,17)(H,13,16,18). The van der Waals surface area contributed by atoms with E-state index in [9.17, 15) is 19.2 Å². The lowest BCUT2D eigenvalue weighted by molar-refractivity contribution is 0.0922. The second-order valence-electron chi connectivity index (χ2n) is 3.26. The van der Waals surface area contributed by atoms with Crippen LogP contribution in [0.4, 0.5) is 4.79 Å². The Labute approximate surface area is 106 Å². The van der Waals surface area contributed by atoms with E-state index < -0.39 is 28.8 Å². The molecule has 0 aromatic carbocycles. The molecule has 100 valence electrons. The predicted molar refractivity (Wildman–Crippen MR) is 61.4 cm³/mol. The van der Waals surface area contributed by atoms with E-state index in [0.717, 1.165) is 10.8 Å². The number of ether oxygens (including phenoxy) is 1. The minimum Gasteiger partial charge on any atom is -0.450 e. The van der Waals surface area contributed by atoms with Crippen molar-refractivity contribution < 1.29 is 14.3 Å². The monoisotopic (exact) mass is 266 g/mol. The highest BCUT2D eigenvalue weighted by atomic mass is 16.5. The number of nitriles is 1. The fraction of sp³-hybridized carbons (Fsp3) is 0.300. The molecular formula is C10H10N4O5. The third-order valence-corrected chi connectivity index (χ3v) is 1.99. The Morgan fingerprint density at radius 2 is 2.21 bits per heavy atom. The van der Waals surface area contributed by atoms with E-state index >= 15 is 0 Å². The number of nitrogens with zero attached hydrogens (tertiary/aromatic N) is 2. The Morgan fingerprint density at radius 1 is 1.53 bits per heavy atom. The van der Waals surface area contributed by atoms with E-state index in [0.29, 0.717) is 0 Å². The van der Waals surface area contributed by atoms with Crippen molar-refractivity contribution in [2.75, 3.05) is 6.61 Å². The number of carbonyl (C=O) groups is 2. The van der Waals surface area contributed by atoms with Crippen LogP contribution in [0.25, 0.3) is 0 Å². The number of hydrogen-bond donors (Lipinski definition) is 2. The van der Waals surface area contributed by atoms with Crippen LogP contribution in [0.5, 0.6) is 0 Å². The van der Waals surface area contributed by atoms with E-state index in [1.54, 1.807) is 13.0 Å². The van der Waals surface area contributed by atoms with Gasteiger partial charge in [0.25, 0.3) is 11.5 Å². The van der Waals surface area contributed by atoms with Crippen LogP contribution >= 0.6 is 0 Å². The van der Waals surface area contributed by atoms with Crippen LogP contribution in [0.3, 0.4) is 0 Å². The average Bonchev–Trinajstić information content (AvgIpc) is 2.32. The molecule has 0 bridgehead atoms. The zero-order valence-electron chi connectivity index (χ0n) is 9.93. The molecule has 9 nitrogen and oxygen atoms in total. The summed E-state index contributed by atoms with van der Waals surface area (Å²) in [5, 5.41) is 10.3. The number of amides is 2. The van der Waals surface area contributed by atoms with Crippen LogP contribution in [0.15, 0.2) is 15.8 Å². The van der Waals surface area contributed by atoms with Crippen LogP contribution in [0.2, 0.25) is 0 Å². The predicted octanol–water partition coefficient (Wildman–Crippen LogP) is -1.05. The summed E-state index contributed by atoms with van der Waals surface area (Å²) in [5.41, 5.74) is -2.25. The fourth-order valence-corrected chi connectivity index (χ4v) is 1.19. The molecule has 0 radical (unpaired) electrons. The molecule has 9 heteroatoms. The van der Waals surface area contributed by atoms with Crippen molar-refractivity contribution in [3.8, 4) is 6.07 Å². The van der Waals surface area contributed by atoms with Crippen LogP contribution in [-0.4, -0.2) is 28.2 Å². The van der Waals surface area contributed by atoms with Gasteiger partial charge in [-0.1, -0.05) is 0 Å². The Hall–Kier alpha value is -2.89. The maximum absolute atomic E-state index is 11.6. The van der Waals surface area contributed by atoms with E-state index in [1.165, 1.54) is 0 Å². The van der Waals surface area contributed by atoms with Crippen molar-refractivity contribution >= 4 is 12.0 Å². The van der Waals surface area contributed by atoms with Crippen LogP contribution in [0, 0.1) is 11.3 Å². The van der Waals surface area contributed by atoms with Crippen molar-refractivity contribution in [2.24, 2.45) is 0 Å². The van der Waals surface area contributed by atoms with Gasteiger partial charge in [-0.25, -0.2) is 9.59 Å². The Kier molecular flexibility index (Phi) is 4.59. The van der Waals surface area contributed by atoms with Gasteiger partial charge in [0.15, 0.2) is 0 Å². The van der Waals surface area contributed by atoms with E-state index in [2.05, 4.69) is 4.74 Å². The molecule has 2 amide bonds. The molecule has 0 unspecified atom stereocenters. The van der Waals surface area contributed by atoms with E-state index in [-0.39, 0.29) is 13.2 Å². The molecule has 1 heterocycles. The van der Waals surface area contributed by atoms with Crippen molar-refractivity contribution in [2.45, 2.75) is 13.5 Å². The number of alkyl carbamates (subject to hydrolysis) is 1. The summed E-state index contributed by atoms with van der Waals surface area (Å²) >= 11 is 0. The SMILES string of the molecule is CCOC(=O)NC(=O)c1cn(CC#N)c(=O)[nH]c1=O. The average molecular weight is 266 g/mol. The van der Waals surface area contributed by atoms with Crippen LogP contribution in [-0.2, 0) is 11.3 Å². The normalized spacial score (nSPS) is 9.47. The first-order chi connectivity index (χ1) is 8.99. The first-order valence-corrected chi connectivity index (χ1v) is 5.18. The zero-order chi connectivity index (χ0) is 14.4. The summed E-state index contributed by atoms with van der Waals surface area (Å²) in [6.07, 6.45) is -0.108.